The van der Waals surface area contributed by atoms with Crippen LogP contribution in [-0.2, 0) is 35.2 Å². The fourth-order valence-corrected chi connectivity index (χ4v) is 10.0. The molecule has 0 amide bonds. The van der Waals surface area contributed by atoms with Crippen LogP contribution in [0, 0.1) is 23.7 Å². The molecule has 2 fully saturated rings. The van der Waals surface area contributed by atoms with Crippen LogP contribution in [0.2, 0.25) is 0 Å². The van der Waals surface area contributed by atoms with Gasteiger partial charge in [0.1, 0.15) is 11.5 Å². The van der Waals surface area contributed by atoms with Crippen molar-refractivity contribution in [3.8, 4) is 11.5 Å². The molecule has 4 aromatic carbocycles. The Balaban J connectivity index is 1.32. The second-order valence-electron chi connectivity index (χ2n) is 18.5. The summed E-state index contributed by atoms with van der Waals surface area (Å²) >= 11 is 0. The third-order valence-corrected chi connectivity index (χ3v) is 14.2. The molecule has 2 aliphatic carbocycles. The van der Waals surface area contributed by atoms with Gasteiger partial charge in [-0.05, 0) is 157 Å². The van der Waals surface area contributed by atoms with Gasteiger partial charge in [0.25, 0.3) is 0 Å². The first-order chi connectivity index (χ1) is 30.3. The summed E-state index contributed by atoms with van der Waals surface area (Å²) < 4.78 is 102. The molecular formula is C54H68F6O3. The number of benzene rings is 4. The SMILES string of the molecule is CCC1CCC(c2ccc(Cc3cc(CC(CCOC)C(F)(F)F)ccc3Oc3ccc(CC(CCOC)C(F)(F)F)cc3Cc3ccc(C4CCC(CC)CC4)cc3)cc2)CC1. The predicted octanol–water partition coefficient (Wildman–Crippen LogP) is 15.5. The van der Waals surface area contributed by atoms with E-state index in [2.05, 4.69) is 62.4 Å². The zero-order valence-electron chi connectivity index (χ0n) is 37.8. The van der Waals surface area contributed by atoms with Crippen LogP contribution in [-0.4, -0.2) is 39.8 Å². The van der Waals surface area contributed by atoms with Crippen molar-refractivity contribution in [2.75, 3.05) is 27.4 Å². The van der Waals surface area contributed by atoms with Crippen LogP contribution in [0.3, 0.4) is 0 Å². The Kier molecular flexibility index (Phi) is 17.7. The van der Waals surface area contributed by atoms with Crippen molar-refractivity contribution in [2.24, 2.45) is 23.7 Å². The van der Waals surface area contributed by atoms with Crippen LogP contribution in [0.5, 0.6) is 11.5 Å². The number of rotatable bonds is 20. The zero-order chi connectivity index (χ0) is 45.0. The van der Waals surface area contributed by atoms with Gasteiger partial charge < -0.3 is 14.2 Å². The summed E-state index contributed by atoms with van der Waals surface area (Å²) in [5.41, 5.74) is 7.25. The molecule has 0 aliphatic heterocycles. The van der Waals surface area contributed by atoms with E-state index in [1.54, 1.807) is 24.3 Å². The number of hydrogen-bond acceptors (Lipinski definition) is 3. The summed E-state index contributed by atoms with van der Waals surface area (Å²) in [7, 11) is 2.81. The van der Waals surface area contributed by atoms with E-state index in [-0.39, 0.29) is 38.9 Å². The molecule has 3 nitrogen and oxygen atoms in total. The second-order valence-corrected chi connectivity index (χ2v) is 18.5. The Hall–Kier alpha value is -3.82. The molecule has 0 heterocycles. The van der Waals surface area contributed by atoms with Crippen LogP contribution >= 0.6 is 0 Å². The number of alkyl halides is 6. The molecule has 0 spiro atoms. The quantitative estimate of drug-likeness (QED) is 0.0828. The minimum atomic E-state index is -4.39. The van der Waals surface area contributed by atoms with Crippen molar-refractivity contribution in [3.05, 3.63) is 129 Å². The fourth-order valence-electron chi connectivity index (χ4n) is 10.0. The lowest BCUT2D eigenvalue weighted by molar-refractivity contribution is -0.179. The highest BCUT2D eigenvalue weighted by molar-refractivity contribution is 5.48. The van der Waals surface area contributed by atoms with Crippen molar-refractivity contribution in [1.29, 1.82) is 0 Å². The van der Waals surface area contributed by atoms with Crippen LogP contribution in [0.15, 0.2) is 84.9 Å². The van der Waals surface area contributed by atoms with Crippen molar-refractivity contribution < 1.29 is 40.6 Å². The Morgan fingerprint density at radius 1 is 0.492 bits per heavy atom. The van der Waals surface area contributed by atoms with E-state index in [4.69, 9.17) is 14.2 Å². The molecule has 0 radical (unpaired) electrons. The van der Waals surface area contributed by atoms with Gasteiger partial charge in [0, 0.05) is 40.3 Å². The standard InChI is InChI=1S/C54H68F6O3/c1-5-37-7-17-43(18-8-37)45-21-11-39(12-22-45)31-47-33-41(35-49(27-29-61-3)53(55,56)57)15-25-51(47)63-52-26-16-42(36-50(28-30-62-4)54(58,59)60)34-48(52)32-40-13-23-46(24-14-40)44-19-9-38(6-2)10-20-44/h11-16,21-26,33-34,37-38,43-44,49-50H,5-10,17-20,27-32,35-36H2,1-4H3. The third kappa shape index (κ3) is 14.1. The minimum absolute atomic E-state index is 0.00221. The van der Waals surface area contributed by atoms with Crippen molar-refractivity contribution in [1.82, 2.24) is 0 Å². The van der Waals surface area contributed by atoms with Crippen molar-refractivity contribution >= 4 is 0 Å². The molecule has 2 aliphatic rings. The van der Waals surface area contributed by atoms with Crippen LogP contribution in [0.1, 0.15) is 147 Å². The average Bonchev–Trinajstić information content (AvgIpc) is 3.28. The first kappa shape index (κ1) is 48.6. The molecule has 9 heteroatoms. The lowest BCUT2D eigenvalue weighted by Crippen LogP contribution is -2.26. The van der Waals surface area contributed by atoms with Crippen molar-refractivity contribution in [3.63, 3.8) is 0 Å². The number of ether oxygens (including phenoxy) is 3. The molecule has 6 rings (SSSR count). The van der Waals surface area contributed by atoms with Crippen molar-refractivity contribution in [2.45, 2.75) is 141 Å². The largest absolute Gasteiger partial charge is 0.457 e. The average molecular weight is 879 g/mol. The molecule has 2 unspecified atom stereocenters. The predicted molar refractivity (Wildman–Crippen MR) is 241 cm³/mol. The van der Waals surface area contributed by atoms with Gasteiger partial charge in [0.15, 0.2) is 0 Å². The normalized spacial score (nSPS) is 20.7. The highest BCUT2D eigenvalue weighted by Gasteiger charge is 2.40. The second kappa shape index (κ2) is 22.9. The third-order valence-electron chi connectivity index (χ3n) is 14.2. The Morgan fingerprint density at radius 3 is 1.16 bits per heavy atom. The molecular weight excluding hydrogens is 811 g/mol. The van der Waals surface area contributed by atoms with Crippen LogP contribution < -0.4 is 4.74 Å². The van der Waals surface area contributed by atoms with E-state index in [9.17, 15) is 26.3 Å². The molecule has 2 atom stereocenters. The summed E-state index contributed by atoms with van der Waals surface area (Å²) in [6.07, 6.45) is 3.51. The summed E-state index contributed by atoms with van der Waals surface area (Å²) in [4.78, 5) is 0. The topological polar surface area (TPSA) is 27.7 Å². The van der Waals surface area contributed by atoms with E-state index in [1.807, 2.05) is 12.1 Å². The van der Waals surface area contributed by atoms with E-state index < -0.39 is 24.2 Å². The van der Waals surface area contributed by atoms with E-state index >= 15 is 0 Å². The maximum atomic E-state index is 14.2. The molecule has 344 valence electrons. The summed E-state index contributed by atoms with van der Waals surface area (Å²) in [5.74, 6) is 0.518. The van der Waals surface area contributed by atoms with Gasteiger partial charge in [-0.2, -0.15) is 26.3 Å². The molecule has 0 aromatic heterocycles. The Morgan fingerprint density at radius 2 is 0.841 bits per heavy atom. The van der Waals surface area contributed by atoms with Gasteiger partial charge in [-0.25, -0.2) is 0 Å². The molecule has 2 saturated carbocycles. The van der Waals surface area contributed by atoms with E-state index in [1.165, 1.54) is 89.6 Å². The van der Waals surface area contributed by atoms with Crippen LogP contribution in [0.4, 0.5) is 26.3 Å². The summed E-state index contributed by atoms with van der Waals surface area (Å²) in [6.45, 7) is 4.53. The maximum absolute atomic E-state index is 14.2. The highest BCUT2D eigenvalue weighted by atomic mass is 19.4. The summed E-state index contributed by atoms with van der Waals surface area (Å²) in [6, 6.07) is 27.8. The first-order valence-electron chi connectivity index (χ1n) is 23.5. The molecule has 0 N–H and O–H groups in total. The maximum Gasteiger partial charge on any atom is 0.392 e. The lowest BCUT2D eigenvalue weighted by Gasteiger charge is -2.28. The number of halogens is 6. The van der Waals surface area contributed by atoms with Gasteiger partial charge >= 0.3 is 12.4 Å². The van der Waals surface area contributed by atoms with Gasteiger partial charge in [-0.3, -0.25) is 0 Å². The monoisotopic (exact) mass is 879 g/mol. The minimum Gasteiger partial charge on any atom is -0.457 e. The first-order valence-corrected chi connectivity index (χ1v) is 23.5. The van der Waals surface area contributed by atoms with Crippen LogP contribution in [0.25, 0.3) is 0 Å². The molecule has 63 heavy (non-hydrogen) atoms. The highest BCUT2D eigenvalue weighted by Crippen LogP contribution is 2.41. The smallest absolute Gasteiger partial charge is 0.392 e. The lowest BCUT2D eigenvalue weighted by atomic mass is 9.77. The molecule has 4 aromatic rings. The molecule has 0 bridgehead atoms. The Bertz CT molecular complexity index is 1830. The van der Waals surface area contributed by atoms with Gasteiger partial charge in [-0.1, -0.05) is 99.5 Å². The van der Waals surface area contributed by atoms with E-state index in [0.717, 1.165) is 34.1 Å². The van der Waals surface area contributed by atoms with Gasteiger partial charge in [0.05, 0.1) is 11.8 Å². The molecule has 0 saturated heterocycles. The number of hydrogen-bond donors (Lipinski definition) is 0. The Labute approximate surface area is 372 Å². The van der Waals surface area contributed by atoms with E-state index in [0.29, 0.717) is 47.3 Å². The summed E-state index contributed by atoms with van der Waals surface area (Å²) in [5, 5.41) is 0. The van der Waals surface area contributed by atoms with Gasteiger partial charge in [-0.15, -0.1) is 0 Å². The number of methoxy groups -OCH3 is 2. The zero-order valence-corrected chi connectivity index (χ0v) is 37.8. The van der Waals surface area contributed by atoms with Gasteiger partial charge in [0.2, 0.25) is 0 Å². The fraction of sp³-hybridized carbons (Fsp3) is 0.556.